The van der Waals surface area contributed by atoms with Crippen LogP contribution in [0.2, 0.25) is 0 Å². The fourth-order valence-electron chi connectivity index (χ4n) is 2.22. The van der Waals surface area contributed by atoms with Crippen LogP contribution in [0.3, 0.4) is 0 Å². The molecule has 0 aliphatic carbocycles. The van der Waals surface area contributed by atoms with Crippen molar-refractivity contribution in [3.05, 3.63) is 64.1 Å². The molecule has 2 aromatic rings. The number of nitrogens with two attached hydrogens (primary N) is 1. The van der Waals surface area contributed by atoms with Gasteiger partial charge in [0.2, 0.25) is 0 Å². The maximum absolute atomic E-state index is 5.88. The normalized spacial score (nSPS) is 10.5. The van der Waals surface area contributed by atoms with Crippen LogP contribution in [0.15, 0.2) is 53.0 Å². The van der Waals surface area contributed by atoms with Crippen LogP contribution < -0.4 is 10.6 Å². The van der Waals surface area contributed by atoms with E-state index in [1.54, 1.807) is 0 Å². The average molecular weight is 319 g/mol. The smallest absolute Gasteiger partial charge is 0.0429 e. The van der Waals surface area contributed by atoms with Gasteiger partial charge < -0.3 is 10.6 Å². The van der Waals surface area contributed by atoms with Crippen LogP contribution in [0.5, 0.6) is 0 Å². The maximum Gasteiger partial charge on any atom is 0.0429 e. The van der Waals surface area contributed by atoms with Gasteiger partial charge in [0.25, 0.3) is 0 Å². The molecule has 2 nitrogen and oxygen atoms in total. The average Bonchev–Trinajstić information content (AvgIpc) is 2.45. The minimum absolute atomic E-state index is 0.544. The van der Waals surface area contributed by atoms with Crippen molar-refractivity contribution in [1.82, 2.24) is 0 Å². The fraction of sp³-hybridized carbons (Fsp3) is 0.250. The molecule has 0 aliphatic heterocycles. The summed E-state index contributed by atoms with van der Waals surface area (Å²) >= 11 is 3.58. The molecule has 0 aromatic heterocycles. The van der Waals surface area contributed by atoms with Gasteiger partial charge in [-0.3, -0.25) is 0 Å². The molecule has 2 rings (SSSR count). The zero-order chi connectivity index (χ0) is 13.7. The van der Waals surface area contributed by atoms with Crippen molar-refractivity contribution in [2.24, 2.45) is 5.73 Å². The van der Waals surface area contributed by atoms with Gasteiger partial charge in [0.1, 0.15) is 0 Å². The first-order valence-corrected chi connectivity index (χ1v) is 7.32. The van der Waals surface area contributed by atoms with E-state index in [1.165, 1.54) is 16.8 Å². The van der Waals surface area contributed by atoms with Gasteiger partial charge in [0.05, 0.1) is 0 Å². The fourth-order valence-corrected chi connectivity index (χ4v) is 2.73. The molecule has 0 aliphatic rings. The van der Waals surface area contributed by atoms with Gasteiger partial charge in [-0.25, -0.2) is 0 Å². The zero-order valence-electron chi connectivity index (χ0n) is 11.1. The van der Waals surface area contributed by atoms with Crippen molar-refractivity contribution in [2.75, 3.05) is 11.4 Å². The maximum atomic E-state index is 5.88. The van der Waals surface area contributed by atoms with Crippen LogP contribution in [-0.4, -0.2) is 6.54 Å². The molecule has 0 unspecified atom stereocenters. The summed E-state index contributed by atoms with van der Waals surface area (Å²) in [7, 11) is 0. The van der Waals surface area contributed by atoms with Crippen molar-refractivity contribution < 1.29 is 0 Å². The van der Waals surface area contributed by atoms with E-state index in [2.05, 4.69) is 64.2 Å². The van der Waals surface area contributed by atoms with Crippen molar-refractivity contribution in [1.29, 1.82) is 0 Å². The van der Waals surface area contributed by atoms with Gasteiger partial charge in [-0.1, -0.05) is 52.3 Å². The molecule has 100 valence electrons. The van der Waals surface area contributed by atoms with Crippen molar-refractivity contribution in [3.63, 3.8) is 0 Å². The van der Waals surface area contributed by atoms with Gasteiger partial charge in [0, 0.05) is 35.4 Å². The summed E-state index contributed by atoms with van der Waals surface area (Å²) in [5.41, 5.74) is 9.57. The van der Waals surface area contributed by atoms with Gasteiger partial charge in [0.15, 0.2) is 0 Å². The summed E-state index contributed by atoms with van der Waals surface area (Å²) < 4.78 is 1.08. The largest absolute Gasteiger partial charge is 0.367 e. The molecule has 0 fully saturated rings. The van der Waals surface area contributed by atoms with Gasteiger partial charge in [-0.15, -0.1) is 0 Å². The van der Waals surface area contributed by atoms with E-state index >= 15 is 0 Å². The summed E-state index contributed by atoms with van der Waals surface area (Å²) in [5, 5.41) is 0. The van der Waals surface area contributed by atoms with E-state index < -0.39 is 0 Å². The van der Waals surface area contributed by atoms with E-state index in [0.717, 1.165) is 17.6 Å². The Morgan fingerprint density at radius 1 is 1.05 bits per heavy atom. The molecule has 0 heterocycles. The first-order chi connectivity index (χ1) is 9.26. The van der Waals surface area contributed by atoms with Crippen LogP contribution in [0.1, 0.15) is 18.1 Å². The van der Waals surface area contributed by atoms with Crippen LogP contribution in [0.4, 0.5) is 5.69 Å². The Balaban J connectivity index is 2.30. The molecule has 19 heavy (non-hydrogen) atoms. The highest BCUT2D eigenvalue weighted by atomic mass is 79.9. The highest BCUT2D eigenvalue weighted by Gasteiger charge is 2.11. The zero-order valence-corrected chi connectivity index (χ0v) is 12.7. The molecular weight excluding hydrogens is 300 g/mol. The van der Waals surface area contributed by atoms with Crippen molar-refractivity contribution >= 4 is 21.6 Å². The number of hydrogen-bond acceptors (Lipinski definition) is 2. The molecule has 2 aromatic carbocycles. The third-order valence-corrected chi connectivity index (χ3v) is 3.98. The Hall–Kier alpha value is -1.32. The highest BCUT2D eigenvalue weighted by Crippen LogP contribution is 2.28. The lowest BCUT2D eigenvalue weighted by molar-refractivity contribution is 0.820. The third-order valence-electron chi connectivity index (χ3n) is 3.24. The summed E-state index contributed by atoms with van der Waals surface area (Å²) in [6.45, 7) is 4.57. The second-order valence-electron chi connectivity index (χ2n) is 4.44. The summed E-state index contributed by atoms with van der Waals surface area (Å²) in [5.74, 6) is 0. The third kappa shape index (κ3) is 3.37. The molecular formula is C16H19BrN2. The van der Waals surface area contributed by atoms with Gasteiger partial charge >= 0.3 is 0 Å². The lowest BCUT2D eigenvalue weighted by Crippen LogP contribution is -2.24. The van der Waals surface area contributed by atoms with Crippen LogP contribution >= 0.6 is 15.9 Å². The predicted octanol–water partition coefficient (Wildman–Crippen LogP) is 3.93. The first-order valence-electron chi connectivity index (χ1n) is 6.52. The number of nitrogens with zero attached hydrogens (tertiary/aromatic N) is 1. The monoisotopic (exact) mass is 318 g/mol. The Labute approximate surface area is 123 Å². The molecule has 0 bridgehead atoms. The van der Waals surface area contributed by atoms with E-state index in [-0.39, 0.29) is 0 Å². The van der Waals surface area contributed by atoms with Crippen LogP contribution in [-0.2, 0) is 13.1 Å². The van der Waals surface area contributed by atoms with Gasteiger partial charge in [-0.2, -0.15) is 0 Å². The first kappa shape index (κ1) is 14.1. The molecule has 0 saturated carbocycles. The van der Waals surface area contributed by atoms with E-state index in [1.807, 2.05) is 12.1 Å². The summed E-state index contributed by atoms with van der Waals surface area (Å²) in [4.78, 5) is 2.35. The Bertz CT molecular complexity index is 526. The molecule has 0 amide bonds. The lowest BCUT2D eigenvalue weighted by Gasteiger charge is -2.26. The number of benzene rings is 2. The Morgan fingerprint density at radius 2 is 1.79 bits per heavy atom. The highest BCUT2D eigenvalue weighted by molar-refractivity contribution is 9.10. The van der Waals surface area contributed by atoms with E-state index in [4.69, 9.17) is 5.73 Å². The Morgan fingerprint density at radius 3 is 2.42 bits per heavy atom. The second kappa shape index (κ2) is 6.73. The quantitative estimate of drug-likeness (QED) is 0.904. The molecule has 0 atom stereocenters. The summed E-state index contributed by atoms with van der Waals surface area (Å²) in [6.07, 6.45) is 0. The topological polar surface area (TPSA) is 29.3 Å². The number of anilines is 1. The number of rotatable bonds is 5. The van der Waals surface area contributed by atoms with Crippen molar-refractivity contribution in [3.8, 4) is 0 Å². The minimum atomic E-state index is 0.544. The summed E-state index contributed by atoms with van der Waals surface area (Å²) in [6, 6.07) is 16.8. The minimum Gasteiger partial charge on any atom is -0.367 e. The standard InChI is InChI=1S/C16H19BrN2/c1-2-19(12-13-7-4-3-5-8-13)16-10-6-9-15(17)14(16)11-18/h3-10H,2,11-12,18H2,1H3. The Kier molecular flexibility index (Phi) is 5.00. The molecule has 3 heteroatoms. The SMILES string of the molecule is CCN(Cc1ccccc1)c1cccc(Br)c1CN. The lowest BCUT2D eigenvalue weighted by atomic mass is 10.1. The predicted molar refractivity (Wildman–Crippen MR) is 85.2 cm³/mol. The number of halogens is 1. The molecule has 2 N–H and O–H groups in total. The second-order valence-corrected chi connectivity index (χ2v) is 5.30. The van der Waals surface area contributed by atoms with Gasteiger partial charge in [-0.05, 0) is 24.6 Å². The molecule has 0 saturated heterocycles. The van der Waals surface area contributed by atoms with Crippen LogP contribution in [0, 0.1) is 0 Å². The van der Waals surface area contributed by atoms with Crippen molar-refractivity contribution in [2.45, 2.75) is 20.0 Å². The number of hydrogen-bond donors (Lipinski definition) is 1. The molecule has 0 spiro atoms. The molecule has 0 radical (unpaired) electrons. The van der Waals surface area contributed by atoms with Crippen LogP contribution in [0.25, 0.3) is 0 Å². The van der Waals surface area contributed by atoms with E-state index in [9.17, 15) is 0 Å². The van der Waals surface area contributed by atoms with E-state index in [0.29, 0.717) is 6.54 Å².